The Morgan fingerprint density at radius 2 is 1.80 bits per heavy atom. The lowest BCUT2D eigenvalue weighted by Gasteiger charge is -2.03. The fourth-order valence-corrected chi connectivity index (χ4v) is 1.33. The van der Waals surface area contributed by atoms with Crippen LogP contribution in [0.15, 0.2) is 41.2 Å². The van der Waals surface area contributed by atoms with Crippen LogP contribution in [0.25, 0.3) is 5.69 Å². The highest BCUT2D eigenvalue weighted by atomic mass is 35.5. The Hall–Kier alpha value is -1.81. The summed E-state index contributed by atoms with van der Waals surface area (Å²) in [5, 5.41) is 4.17. The minimum Gasteiger partial charge on any atom is -0.399 e. The van der Waals surface area contributed by atoms with Gasteiger partial charge in [0.15, 0.2) is 0 Å². The summed E-state index contributed by atoms with van der Waals surface area (Å²) in [6.45, 7) is 0. The highest BCUT2D eigenvalue weighted by Crippen LogP contribution is 2.09. The first-order chi connectivity index (χ1) is 7.16. The average Bonchev–Trinajstić information content (AvgIpc) is 2.23. The van der Waals surface area contributed by atoms with Crippen molar-refractivity contribution < 1.29 is 0 Å². The van der Waals surface area contributed by atoms with E-state index in [1.54, 1.807) is 24.3 Å². The van der Waals surface area contributed by atoms with Crippen molar-refractivity contribution in [2.45, 2.75) is 0 Å². The number of hydrogen-bond acceptors (Lipinski definition) is 3. The van der Waals surface area contributed by atoms with Crippen LogP contribution >= 0.6 is 11.6 Å². The van der Waals surface area contributed by atoms with Crippen molar-refractivity contribution in [2.24, 2.45) is 0 Å². The minimum atomic E-state index is -0.232. The number of benzene rings is 1. The van der Waals surface area contributed by atoms with Gasteiger partial charge in [0.1, 0.15) is 5.15 Å². The van der Waals surface area contributed by atoms with E-state index in [9.17, 15) is 4.79 Å². The van der Waals surface area contributed by atoms with Crippen LogP contribution in [0.4, 0.5) is 5.69 Å². The maximum Gasteiger partial charge on any atom is 0.271 e. The SMILES string of the molecule is Nc1ccc(-n2nc(Cl)ccc2=O)cc1. The van der Waals surface area contributed by atoms with Gasteiger partial charge in [-0.3, -0.25) is 4.79 Å². The van der Waals surface area contributed by atoms with Crippen molar-refractivity contribution >= 4 is 17.3 Å². The monoisotopic (exact) mass is 221 g/mol. The summed E-state index contributed by atoms with van der Waals surface area (Å²) < 4.78 is 1.22. The third-order valence-corrected chi connectivity index (χ3v) is 2.11. The molecule has 2 rings (SSSR count). The minimum absolute atomic E-state index is 0.232. The number of nitrogens with zero attached hydrogens (tertiary/aromatic N) is 2. The second-order valence-electron chi connectivity index (χ2n) is 3.00. The molecule has 0 aliphatic carbocycles. The molecule has 0 aliphatic heterocycles. The van der Waals surface area contributed by atoms with Gasteiger partial charge in [-0.1, -0.05) is 11.6 Å². The summed E-state index contributed by atoms with van der Waals surface area (Å²) in [4.78, 5) is 11.5. The van der Waals surface area contributed by atoms with Gasteiger partial charge in [-0.25, -0.2) is 0 Å². The first-order valence-corrected chi connectivity index (χ1v) is 4.66. The fourth-order valence-electron chi connectivity index (χ4n) is 1.19. The van der Waals surface area contributed by atoms with E-state index in [0.717, 1.165) is 0 Å². The molecule has 0 spiro atoms. The van der Waals surface area contributed by atoms with Gasteiger partial charge in [-0.15, -0.1) is 0 Å². The van der Waals surface area contributed by atoms with E-state index in [1.807, 2.05) is 0 Å². The lowest BCUT2D eigenvalue weighted by atomic mass is 10.3. The number of nitrogens with two attached hydrogens (primary N) is 1. The van der Waals surface area contributed by atoms with Crippen LogP contribution in [0.1, 0.15) is 0 Å². The smallest absolute Gasteiger partial charge is 0.271 e. The van der Waals surface area contributed by atoms with Crippen molar-refractivity contribution in [2.75, 3.05) is 5.73 Å². The van der Waals surface area contributed by atoms with E-state index in [1.165, 1.54) is 16.8 Å². The van der Waals surface area contributed by atoms with E-state index >= 15 is 0 Å². The summed E-state index contributed by atoms with van der Waals surface area (Å²) in [5.74, 6) is 0. The molecule has 2 N–H and O–H groups in total. The molecule has 0 radical (unpaired) electrons. The summed E-state index contributed by atoms with van der Waals surface area (Å²) >= 11 is 5.70. The van der Waals surface area contributed by atoms with Crippen molar-refractivity contribution in [3.8, 4) is 5.69 Å². The molecule has 0 bridgehead atoms. The van der Waals surface area contributed by atoms with Gasteiger partial charge >= 0.3 is 0 Å². The van der Waals surface area contributed by atoms with E-state index in [-0.39, 0.29) is 10.7 Å². The Kier molecular flexibility index (Phi) is 2.43. The van der Waals surface area contributed by atoms with Crippen LogP contribution in [-0.4, -0.2) is 9.78 Å². The zero-order valence-electron chi connectivity index (χ0n) is 7.72. The quantitative estimate of drug-likeness (QED) is 0.742. The average molecular weight is 222 g/mol. The molecule has 4 nitrogen and oxygen atoms in total. The van der Waals surface area contributed by atoms with Gasteiger partial charge in [0.2, 0.25) is 0 Å². The zero-order valence-corrected chi connectivity index (χ0v) is 8.48. The summed E-state index contributed by atoms with van der Waals surface area (Å²) in [7, 11) is 0. The summed E-state index contributed by atoms with van der Waals surface area (Å²) in [5.41, 5.74) is 6.58. The molecule has 5 heteroatoms. The van der Waals surface area contributed by atoms with Gasteiger partial charge < -0.3 is 5.73 Å². The molecule has 0 saturated heterocycles. The first-order valence-electron chi connectivity index (χ1n) is 4.28. The molecule has 0 aliphatic rings. The van der Waals surface area contributed by atoms with Crippen molar-refractivity contribution in [3.63, 3.8) is 0 Å². The topological polar surface area (TPSA) is 60.9 Å². The van der Waals surface area contributed by atoms with Crippen molar-refractivity contribution in [1.82, 2.24) is 9.78 Å². The molecular formula is C10H8ClN3O. The van der Waals surface area contributed by atoms with Crippen LogP contribution in [-0.2, 0) is 0 Å². The maximum atomic E-state index is 11.5. The number of rotatable bonds is 1. The molecule has 0 atom stereocenters. The number of nitrogen functional groups attached to an aromatic ring is 1. The van der Waals surface area contributed by atoms with Gasteiger partial charge in [0.25, 0.3) is 5.56 Å². The van der Waals surface area contributed by atoms with Crippen molar-refractivity contribution in [1.29, 1.82) is 0 Å². The van der Waals surface area contributed by atoms with Gasteiger partial charge in [-0.05, 0) is 30.3 Å². The molecule has 1 aromatic carbocycles. The predicted octanol–water partition coefficient (Wildman–Crippen LogP) is 1.47. The van der Waals surface area contributed by atoms with Crippen LogP contribution < -0.4 is 11.3 Å². The Balaban J connectivity index is 2.58. The van der Waals surface area contributed by atoms with E-state index in [4.69, 9.17) is 17.3 Å². The van der Waals surface area contributed by atoms with Crippen LogP contribution in [0.2, 0.25) is 5.15 Å². The van der Waals surface area contributed by atoms with Crippen LogP contribution in [0.3, 0.4) is 0 Å². The van der Waals surface area contributed by atoms with Gasteiger partial charge in [0, 0.05) is 11.8 Å². The molecule has 0 fully saturated rings. The highest BCUT2D eigenvalue weighted by Gasteiger charge is 2.01. The number of anilines is 1. The molecular weight excluding hydrogens is 214 g/mol. The Morgan fingerprint density at radius 3 is 2.47 bits per heavy atom. The largest absolute Gasteiger partial charge is 0.399 e. The van der Waals surface area contributed by atoms with Crippen LogP contribution in [0.5, 0.6) is 0 Å². The Bertz CT molecular complexity index is 533. The fraction of sp³-hybridized carbons (Fsp3) is 0. The molecule has 0 unspecified atom stereocenters. The first kappa shape index (κ1) is 9.73. The molecule has 1 aromatic heterocycles. The predicted molar refractivity (Wildman–Crippen MR) is 59.3 cm³/mol. The molecule has 76 valence electrons. The normalized spacial score (nSPS) is 10.2. The molecule has 0 saturated carbocycles. The van der Waals surface area contributed by atoms with Crippen LogP contribution in [0, 0.1) is 0 Å². The number of hydrogen-bond donors (Lipinski definition) is 1. The second-order valence-corrected chi connectivity index (χ2v) is 3.38. The van der Waals surface area contributed by atoms with Crippen molar-refractivity contribution in [3.05, 3.63) is 51.9 Å². The van der Waals surface area contributed by atoms with Gasteiger partial charge in [0.05, 0.1) is 5.69 Å². The lowest BCUT2D eigenvalue weighted by Crippen LogP contribution is -2.19. The van der Waals surface area contributed by atoms with E-state index in [0.29, 0.717) is 11.4 Å². The molecule has 2 aromatic rings. The Morgan fingerprint density at radius 1 is 1.13 bits per heavy atom. The summed E-state index contributed by atoms with van der Waals surface area (Å²) in [6, 6.07) is 9.64. The third kappa shape index (κ3) is 1.99. The third-order valence-electron chi connectivity index (χ3n) is 1.91. The molecule has 0 amide bonds. The van der Waals surface area contributed by atoms with E-state index in [2.05, 4.69) is 5.10 Å². The zero-order chi connectivity index (χ0) is 10.8. The maximum absolute atomic E-state index is 11.5. The standard InChI is InChI=1S/C10H8ClN3O/c11-9-5-6-10(15)14(13-9)8-3-1-7(12)2-4-8/h1-6H,12H2. The second kappa shape index (κ2) is 3.74. The Labute approximate surface area is 90.9 Å². The number of aromatic nitrogens is 2. The number of halogens is 1. The van der Waals surface area contributed by atoms with E-state index < -0.39 is 0 Å². The molecule has 15 heavy (non-hydrogen) atoms. The molecule has 1 heterocycles. The summed E-state index contributed by atoms with van der Waals surface area (Å²) in [6.07, 6.45) is 0. The lowest BCUT2D eigenvalue weighted by molar-refractivity contribution is 0.808. The highest BCUT2D eigenvalue weighted by molar-refractivity contribution is 6.29. The van der Waals surface area contributed by atoms with Gasteiger partial charge in [-0.2, -0.15) is 9.78 Å².